The van der Waals surface area contributed by atoms with Crippen LogP contribution in [-0.2, 0) is 29.2 Å². The topological polar surface area (TPSA) is 272 Å². The fourth-order valence-corrected chi connectivity index (χ4v) is 7.34. The molecule has 0 bridgehead atoms. The highest BCUT2D eigenvalue weighted by molar-refractivity contribution is 6.47. The molecule has 9 N–H and O–H groups in total. The first kappa shape index (κ1) is 46.4. The number of primary amides is 1. The Morgan fingerprint density at radius 1 is 1.05 bits per heavy atom. The number of H-pyrrole nitrogens is 1. The number of aliphatic imine (C=N–C) groups is 1. The molecule has 0 aliphatic carbocycles. The van der Waals surface area contributed by atoms with Crippen molar-refractivity contribution in [1.82, 2.24) is 34.2 Å². The van der Waals surface area contributed by atoms with Gasteiger partial charge in [-0.15, -0.1) is 0 Å². The minimum absolute atomic E-state index is 0.122. The van der Waals surface area contributed by atoms with Crippen molar-refractivity contribution in [3.63, 3.8) is 0 Å². The number of fused-ring (bicyclic) bond motifs is 2. The van der Waals surface area contributed by atoms with Crippen LogP contribution >= 0.6 is 0 Å². The lowest BCUT2D eigenvalue weighted by molar-refractivity contribution is -0.646. The number of anilines is 2. The van der Waals surface area contributed by atoms with Gasteiger partial charge in [0.25, 0.3) is 11.8 Å². The van der Waals surface area contributed by atoms with E-state index >= 15 is 0 Å². The number of carbonyl (C=O) groups excluding carboxylic acids is 4. The fourth-order valence-electron chi connectivity index (χ4n) is 7.34. The Morgan fingerprint density at radius 2 is 1.80 bits per heavy atom. The molecule has 5 aromatic rings. The van der Waals surface area contributed by atoms with E-state index in [1.807, 2.05) is 26.0 Å². The second-order valence-electron chi connectivity index (χ2n) is 15.1. The van der Waals surface area contributed by atoms with Crippen molar-refractivity contribution in [2.75, 3.05) is 70.8 Å². The number of ether oxygens (including phenoxy) is 3. The van der Waals surface area contributed by atoms with Crippen molar-refractivity contribution >= 4 is 63.3 Å². The van der Waals surface area contributed by atoms with Crippen LogP contribution in [-0.4, -0.2) is 124 Å². The van der Waals surface area contributed by atoms with Crippen LogP contribution in [0.2, 0.25) is 0 Å². The molecular formula is C43H57N14O7+. The van der Waals surface area contributed by atoms with E-state index in [1.54, 1.807) is 58.0 Å². The summed E-state index contributed by atoms with van der Waals surface area (Å²) in [7, 11) is 2.91. The number of imidazole rings is 2. The van der Waals surface area contributed by atoms with Crippen molar-refractivity contribution in [2.24, 2.45) is 22.3 Å². The number of nitrogens with one attached hydrogen (secondary N) is 3. The number of carbonyl (C=O) groups is 4. The zero-order valence-corrected chi connectivity index (χ0v) is 37.1. The van der Waals surface area contributed by atoms with Gasteiger partial charge in [-0.05, 0) is 70.5 Å². The van der Waals surface area contributed by atoms with Gasteiger partial charge < -0.3 is 30.2 Å². The molecule has 3 aromatic heterocycles. The fraction of sp³-hybridized carbons (Fsp3) is 0.395. The molecule has 1 aliphatic heterocycles. The molecular weight excluding hydrogens is 825 g/mol. The SMILES string of the molecule is CCN=C(/C=C(/C)N)C(=O)Nc1[nH]c2cc(C(N)=O)cc(OCCCN3CCOCC3)c2[n+]1C/C=C/Cn1c(NC(=O)c2cc(C)nn2CC)nc2cc(C(=O)N(C)N)cc(OC)c21. The lowest BCUT2D eigenvalue weighted by atomic mass is 10.1. The summed E-state index contributed by atoms with van der Waals surface area (Å²) in [6.07, 6.45) is 5.91. The molecule has 1 aliphatic rings. The molecule has 340 valence electrons. The largest absolute Gasteiger partial charge is 0.494 e. The zero-order valence-electron chi connectivity index (χ0n) is 37.1. The molecule has 0 saturated carbocycles. The first-order chi connectivity index (χ1) is 30.7. The summed E-state index contributed by atoms with van der Waals surface area (Å²) in [5.41, 5.74) is 15.6. The summed E-state index contributed by atoms with van der Waals surface area (Å²) in [4.78, 5) is 67.6. The van der Waals surface area contributed by atoms with E-state index in [1.165, 1.54) is 20.2 Å². The van der Waals surface area contributed by atoms with Crippen LogP contribution in [0, 0.1) is 6.92 Å². The first-order valence-electron chi connectivity index (χ1n) is 21.0. The smallest absolute Gasteiger partial charge is 0.363 e. The van der Waals surface area contributed by atoms with Gasteiger partial charge in [0, 0.05) is 63.1 Å². The molecule has 4 amide bonds. The first-order valence-corrected chi connectivity index (χ1v) is 21.0. The van der Waals surface area contributed by atoms with E-state index in [-0.39, 0.29) is 41.8 Å². The molecule has 2 aromatic carbocycles. The zero-order chi connectivity index (χ0) is 46.1. The molecule has 0 unspecified atom stereocenters. The molecule has 64 heavy (non-hydrogen) atoms. The van der Waals surface area contributed by atoms with E-state index in [0.717, 1.165) is 24.6 Å². The molecule has 1 saturated heterocycles. The molecule has 0 radical (unpaired) electrons. The number of aryl methyl sites for hydroxylation is 2. The van der Waals surface area contributed by atoms with Crippen LogP contribution in [0.25, 0.3) is 22.1 Å². The second kappa shape index (κ2) is 20.8. The summed E-state index contributed by atoms with van der Waals surface area (Å²) in [5, 5.41) is 11.2. The van der Waals surface area contributed by atoms with Gasteiger partial charge >= 0.3 is 11.9 Å². The summed E-state index contributed by atoms with van der Waals surface area (Å²) in [5.74, 6) is 4.87. The standard InChI is InChI=1S/C43H56N14O7/c1-7-47-32(20-26(3)44)39(59)50-42-48-30-22-28(38(45)58)24-35(64-17-11-12-54-15-18-63-19-16-54)37(30)56(42)14-10-9-13-55-36-31(23-29(25-34(36)62-6)41(61)53(5)46)49-43(55)51-40(60)33-21-27(4)52-57(33)8-2/h9-10,20-25H,7-8,11-19,46H2,1-6H3,(H6,44,45,47,48,49,50,51,58,59,60)/p+1/b10-9+. The van der Waals surface area contributed by atoms with Crippen LogP contribution in [0.15, 0.2) is 59.2 Å². The monoisotopic (exact) mass is 881 g/mol. The molecule has 21 nitrogen and oxygen atoms in total. The number of hydrazine groups is 1. The van der Waals surface area contributed by atoms with Gasteiger partial charge in [0.05, 0.1) is 44.7 Å². The minimum atomic E-state index is -0.653. The maximum Gasteiger partial charge on any atom is 0.363 e. The van der Waals surface area contributed by atoms with Gasteiger partial charge in [0.2, 0.25) is 11.9 Å². The van der Waals surface area contributed by atoms with Gasteiger partial charge in [-0.3, -0.25) is 39.3 Å². The van der Waals surface area contributed by atoms with E-state index < -0.39 is 23.6 Å². The number of rotatable bonds is 19. The quantitative estimate of drug-likeness (QED) is 0.0133. The van der Waals surface area contributed by atoms with Crippen LogP contribution in [0.5, 0.6) is 11.5 Å². The van der Waals surface area contributed by atoms with Crippen LogP contribution in [0.4, 0.5) is 11.9 Å². The van der Waals surface area contributed by atoms with Crippen LogP contribution in [0.1, 0.15) is 64.1 Å². The molecule has 0 atom stereocenters. The van der Waals surface area contributed by atoms with Crippen LogP contribution in [0.3, 0.4) is 0 Å². The summed E-state index contributed by atoms with van der Waals surface area (Å²) < 4.78 is 22.8. The number of amides is 4. The van der Waals surface area contributed by atoms with Crippen LogP contribution < -0.4 is 42.0 Å². The van der Waals surface area contributed by atoms with E-state index in [2.05, 4.69) is 30.6 Å². The predicted molar refractivity (Wildman–Crippen MR) is 241 cm³/mol. The van der Waals surface area contributed by atoms with Gasteiger partial charge in [-0.25, -0.2) is 30.5 Å². The summed E-state index contributed by atoms with van der Waals surface area (Å²) >= 11 is 0. The average Bonchev–Trinajstić information content (AvgIpc) is 3.94. The average molecular weight is 882 g/mol. The number of nitrogens with two attached hydrogens (primary N) is 3. The number of morpholine rings is 1. The van der Waals surface area contributed by atoms with Crippen molar-refractivity contribution < 1.29 is 38.0 Å². The molecule has 6 rings (SSSR count). The number of hydrogen-bond donors (Lipinski definition) is 6. The molecule has 1 fully saturated rings. The lowest BCUT2D eigenvalue weighted by Crippen LogP contribution is -2.38. The van der Waals surface area contributed by atoms with Gasteiger partial charge in [-0.1, -0.05) is 12.2 Å². The Bertz CT molecular complexity index is 2630. The highest BCUT2D eigenvalue weighted by Crippen LogP contribution is 2.32. The number of nitrogens with zero attached hydrogens (tertiary/aromatic N) is 8. The summed E-state index contributed by atoms with van der Waals surface area (Å²) in [6.45, 7) is 12.5. The van der Waals surface area contributed by atoms with Crippen molar-refractivity contribution in [2.45, 2.75) is 53.8 Å². The van der Waals surface area contributed by atoms with Gasteiger partial charge in [0.1, 0.15) is 28.2 Å². The third-order valence-corrected chi connectivity index (χ3v) is 10.3. The number of aromatic amines is 1. The number of aromatic nitrogens is 6. The summed E-state index contributed by atoms with van der Waals surface area (Å²) in [6, 6.07) is 8.03. The third kappa shape index (κ3) is 10.7. The minimum Gasteiger partial charge on any atom is -0.494 e. The maximum absolute atomic E-state index is 13.8. The second-order valence-corrected chi connectivity index (χ2v) is 15.1. The Labute approximate surface area is 369 Å². The highest BCUT2D eigenvalue weighted by Gasteiger charge is 2.27. The third-order valence-electron chi connectivity index (χ3n) is 10.3. The van der Waals surface area contributed by atoms with E-state index in [9.17, 15) is 19.2 Å². The maximum atomic E-state index is 13.8. The van der Waals surface area contributed by atoms with Gasteiger partial charge in [-0.2, -0.15) is 5.10 Å². The number of hydrogen-bond acceptors (Lipinski definition) is 13. The number of allylic oxidation sites excluding steroid dienone is 3. The Hall–Kier alpha value is -7.10. The van der Waals surface area contributed by atoms with E-state index in [0.29, 0.717) is 90.0 Å². The lowest BCUT2D eigenvalue weighted by Gasteiger charge is -2.26. The van der Waals surface area contributed by atoms with Crippen molar-refractivity contribution in [3.05, 3.63) is 76.8 Å². The Balaban J connectivity index is 1.40. The van der Waals surface area contributed by atoms with Crippen molar-refractivity contribution in [1.29, 1.82) is 0 Å². The van der Waals surface area contributed by atoms with Gasteiger partial charge in [0.15, 0.2) is 11.3 Å². The number of benzene rings is 2. The van der Waals surface area contributed by atoms with Crippen molar-refractivity contribution in [3.8, 4) is 11.5 Å². The van der Waals surface area contributed by atoms with E-state index in [4.69, 9.17) is 36.5 Å². The Morgan fingerprint density at radius 3 is 2.47 bits per heavy atom. The predicted octanol–water partition coefficient (Wildman–Crippen LogP) is 2.25. The molecule has 0 spiro atoms. The molecule has 4 heterocycles. The highest BCUT2D eigenvalue weighted by atomic mass is 16.5. The normalized spacial score (nSPS) is 13.8. The molecule has 21 heteroatoms. The Kier molecular flexibility index (Phi) is 15.1. The number of methoxy groups -OCH3 is 1.